The summed E-state index contributed by atoms with van der Waals surface area (Å²) in [6.45, 7) is 1.85. The zero-order valence-corrected chi connectivity index (χ0v) is 16.3. The molecule has 0 bridgehead atoms. The highest BCUT2D eigenvalue weighted by Crippen LogP contribution is 2.22. The number of aromatic nitrogens is 2. The molecule has 0 aromatic carbocycles. The molecule has 148 valence electrons. The average molecular weight is 383 g/mol. The van der Waals surface area contributed by atoms with Crippen LogP contribution in [0.1, 0.15) is 0 Å². The lowest BCUT2D eigenvalue weighted by atomic mass is 10.1. The Labute approximate surface area is 163 Å². The molecule has 0 unspecified atom stereocenters. The fourth-order valence-corrected chi connectivity index (χ4v) is 2.87. The summed E-state index contributed by atoms with van der Waals surface area (Å²) in [5.41, 5.74) is 1.74. The van der Waals surface area contributed by atoms with Gasteiger partial charge in [-0.1, -0.05) is 6.08 Å². The van der Waals surface area contributed by atoms with Crippen molar-refractivity contribution >= 4 is 11.6 Å². The predicted molar refractivity (Wildman–Crippen MR) is 109 cm³/mol. The van der Waals surface area contributed by atoms with Gasteiger partial charge in [-0.25, -0.2) is 0 Å². The van der Waals surface area contributed by atoms with Crippen LogP contribution in [0.4, 0.5) is 5.69 Å². The van der Waals surface area contributed by atoms with Gasteiger partial charge in [-0.3, -0.25) is 14.6 Å². The number of rotatable bonds is 7. The highest BCUT2D eigenvalue weighted by molar-refractivity contribution is 5.88. The molecule has 8 nitrogen and oxygen atoms in total. The first kappa shape index (κ1) is 19.6. The van der Waals surface area contributed by atoms with Gasteiger partial charge >= 0.3 is 0 Å². The highest BCUT2D eigenvalue weighted by atomic mass is 16.5. The maximum atomic E-state index is 12.2. The van der Waals surface area contributed by atoms with Crippen LogP contribution >= 0.6 is 0 Å². The summed E-state index contributed by atoms with van der Waals surface area (Å²) < 4.78 is 5.22. The van der Waals surface area contributed by atoms with Crippen molar-refractivity contribution in [3.63, 3.8) is 0 Å². The molecule has 8 heteroatoms. The van der Waals surface area contributed by atoms with Crippen LogP contribution in [0.3, 0.4) is 0 Å². The van der Waals surface area contributed by atoms with Gasteiger partial charge in [0.15, 0.2) is 0 Å². The third kappa shape index (κ3) is 4.77. The number of ether oxygens (including phenoxy) is 1. The van der Waals surface area contributed by atoms with Crippen LogP contribution in [-0.4, -0.2) is 72.6 Å². The number of hydrogen-bond donors (Lipinski definition) is 2. The molecule has 1 aliphatic rings. The summed E-state index contributed by atoms with van der Waals surface area (Å²) in [7, 11) is 5.49. The number of nitrogens with one attached hydrogen (secondary N) is 2. The molecule has 2 aromatic heterocycles. The number of hydrogen-bond acceptors (Lipinski definition) is 6. The summed E-state index contributed by atoms with van der Waals surface area (Å²) in [5.74, 6) is 0.685. The van der Waals surface area contributed by atoms with Crippen LogP contribution in [0.5, 0.6) is 5.75 Å². The third-order valence-corrected chi connectivity index (χ3v) is 4.45. The minimum absolute atomic E-state index is 0.0110. The molecule has 1 fully saturated rings. The van der Waals surface area contributed by atoms with Gasteiger partial charge in [0.1, 0.15) is 11.4 Å². The van der Waals surface area contributed by atoms with E-state index in [2.05, 4.69) is 15.3 Å². The number of aromatic amines is 1. The number of carbonyl (C=O) groups is 1. The van der Waals surface area contributed by atoms with E-state index in [1.54, 1.807) is 48.7 Å². The van der Waals surface area contributed by atoms with Crippen molar-refractivity contribution in [1.29, 1.82) is 0 Å². The Morgan fingerprint density at radius 1 is 1.43 bits per heavy atom. The van der Waals surface area contributed by atoms with E-state index in [4.69, 9.17) is 4.74 Å². The van der Waals surface area contributed by atoms with Crippen LogP contribution in [0.15, 0.2) is 47.5 Å². The molecule has 3 heterocycles. The minimum atomic E-state index is -0.206. The van der Waals surface area contributed by atoms with Crippen molar-refractivity contribution in [2.24, 2.45) is 0 Å². The molecule has 1 amide bonds. The molecule has 0 radical (unpaired) electrons. The SMILES string of the molecule is COc1ccnc(-c2c[nH]c(=O)c(NC3CN(C(=O)/C=C/CN(C)C)C3)c2)c1. The number of methoxy groups -OCH3 is 1. The second kappa shape index (κ2) is 8.71. The van der Waals surface area contributed by atoms with E-state index in [1.165, 1.54) is 0 Å². The van der Waals surface area contributed by atoms with Crippen molar-refractivity contribution < 1.29 is 9.53 Å². The topological polar surface area (TPSA) is 90.6 Å². The van der Waals surface area contributed by atoms with Gasteiger partial charge in [0.25, 0.3) is 5.56 Å². The molecule has 3 rings (SSSR count). The molecule has 1 saturated heterocycles. The molecule has 0 spiro atoms. The van der Waals surface area contributed by atoms with Gasteiger partial charge in [0.2, 0.25) is 5.91 Å². The Morgan fingerprint density at radius 2 is 2.21 bits per heavy atom. The minimum Gasteiger partial charge on any atom is -0.497 e. The molecular formula is C20H25N5O3. The second-order valence-corrected chi connectivity index (χ2v) is 6.96. The Morgan fingerprint density at radius 3 is 2.93 bits per heavy atom. The van der Waals surface area contributed by atoms with Gasteiger partial charge in [-0.2, -0.15) is 0 Å². The summed E-state index contributed by atoms with van der Waals surface area (Å²) in [6, 6.07) is 5.38. The maximum absolute atomic E-state index is 12.2. The Balaban J connectivity index is 1.62. The number of pyridine rings is 2. The summed E-state index contributed by atoms with van der Waals surface area (Å²) in [4.78, 5) is 35.0. The van der Waals surface area contributed by atoms with Crippen molar-refractivity contribution in [3.8, 4) is 17.0 Å². The van der Waals surface area contributed by atoms with E-state index in [0.29, 0.717) is 30.2 Å². The normalized spacial score (nSPS) is 14.4. The van der Waals surface area contributed by atoms with Crippen LogP contribution in [0.25, 0.3) is 11.3 Å². The third-order valence-electron chi connectivity index (χ3n) is 4.45. The van der Waals surface area contributed by atoms with Crippen LogP contribution in [0.2, 0.25) is 0 Å². The van der Waals surface area contributed by atoms with E-state index in [1.807, 2.05) is 25.1 Å². The summed E-state index contributed by atoms with van der Waals surface area (Å²) >= 11 is 0. The first-order chi connectivity index (χ1) is 13.5. The molecule has 0 atom stereocenters. The summed E-state index contributed by atoms with van der Waals surface area (Å²) in [6.07, 6.45) is 6.73. The fraction of sp³-hybridized carbons (Fsp3) is 0.350. The van der Waals surface area contributed by atoms with E-state index >= 15 is 0 Å². The van der Waals surface area contributed by atoms with Crippen molar-refractivity contribution in [2.45, 2.75) is 6.04 Å². The second-order valence-electron chi connectivity index (χ2n) is 6.96. The van der Waals surface area contributed by atoms with Gasteiger partial charge in [-0.05, 0) is 26.2 Å². The standard InChI is InChI=1S/C20H25N5O3/c1-24(2)8-4-5-19(26)25-12-15(13-25)23-18-9-14(11-22-20(18)27)17-10-16(28-3)6-7-21-17/h4-7,9-11,15,23H,8,12-13H2,1-3H3,(H,22,27)/b5-4+. The molecule has 28 heavy (non-hydrogen) atoms. The fourth-order valence-electron chi connectivity index (χ4n) is 2.87. The van der Waals surface area contributed by atoms with Gasteiger partial charge in [0, 0.05) is 49.7 Å². The van der Waals surface area contributed by atoms with E-state index in [9.17, 15) is 9.59 Å². The van der Waals surface area contributed by atoms with Crippen molar-refractivity contribution in [2.75, 3.05) is 46.2 Å². The predicted octanol–water partition coefficient (Wildman–Crippen LogP) is 1.19. The number of nitrogens with zero attached hydrogens (tertiary/aromatic N) is 3. The van der Waals surface area contributed by atoms with Gasteiger partial charge in [-0.15, -0.1) is 0 Å². The van der Waals surface area contributed by atoms with Gasteiger partial charge in [0.05, 0.1) is 18.8 Å². The number of likely N-dealkylation sites (N-methyl/N-ethyl adjacent to an activating group) is 1. The zero-order chi connectivity index (χ0) is 20.1. The van der Waals surface area contributed by atoms with Crippen molar-refractivity contribution in [3.05, 3.63) is 53.1 Å². The van der Waals surface area contributed by atoms with E-state index in [0.717, 1.165) is 12.1 Å². The number of anilines is 1. The highest BCUT2D eigenvalue weighted by Gasteiger charge is 2.29. The lowest BCUT2D eigenvalue weighted by Gasteiger charge is -2.39. The largest absolute Gasteiger partial charge is 0.497 e. The van der Waals surface area contributed by atoms with Crippen LogP contribution in [-0.2, 0) is 4.79 Å². The lowest BCUT2D eigenvalue weighted by molar-refractivity contribution is -0.129. The number of likely N-dealkylation sites (tertiary alicyclic amines) is 1. The first-order valence-electron chi connectivity index (χ1n) is 9.06. The number of H-pyrrole nitrogens is 1. The maximum Gasteiger partial charge on any atom is 0.271 e. The molecule has 2 N–H and O–H groups in total. The Kier molecular flexibility index (Phi) is 6.10. The number of amides is 1. The zero-order valence-electron chi connectivity index (χ0n) is 16.3. The van der Waals surface area contributed by atoms with Crippen molar-refractivity contribution in [1.82, 2.24) is 19.8 Å². The van der Waals surface area contributed by atoms with E-state index < -0.39 is 0 Å². The quantitative estimate of drug-likeness (QED) is 0.698. The van der Waals surface area contributed by atoms with Gasteiger partial charge < -0.3 is 24.8 Å². The molecular weight excluding hydrogens is 358 g/mol. The van der Waals surface area contributed by atoms with Crippen LogP contribution in [0, 0.1) is 0 Å². The molecule has 1 aliphatic heterocycles. The monoisotopic (exact) mass is 383 g/mol. The summed E-state index contributed by atoms with van der Waals surface area (Å²) in [5, 5.41) is 3.22. The number of carbonyl (C=O) groups excluding carboxylic acids is 1. The molecule has 2 aromatic rings. The average Bonchev–Trinajstić information content (AvgIpc) is 2.65. The molecule has 0 aliphatic carbocycles. The van der Waals surface area contributed by atoms with Crippen LogP contribution < -0.4 is 15.6 Å². The van der Waals surface area contributed by atoms with E-state index in [-0.39, 0.29) is 17.5 Å². The lowest BCUT2D eigenvalue weighted by Crippen LogP contribution is -2.57. The Hall–Kier alpha value is -3.13. The smallest absolute Gasteiger partial charge is 0.271 e. The first-order valence-corrected chi connectivity index (χ1v) is 9.06. The molecule has 0 saturated carbocycles. The Bertz CT molecular complexity index is 916.